The van der Waals surface area contributed by atoms with Gasteiger partial charge in [0.15, 0.2) is 5.82 Å². The first-order valence-corrected chi connectivity index (χ1v) is 7.45. The van der Waals surface area contributed by atoms with Gasteiger partial charge in [0.1, 0.15) is 11.3 Å². The van der Waals surface area contributed by atoms with Gasteiger partial charge in [-0.25, -0.2) is 9.97 Å². The first-order chi connectivity index (χ1) is 11.3. The number of H-pyrrole nitrogens is 1. The highest BCUT2D eigenvalue weighted by Crippen LogP contribution is 2.26. The van der Waals surface area contributed by atoms with E-state index in [0.717, 1.165) is 28.1 Å². The third kappa shape index (κ3) is 2.74. The van der Waals surface area contributed by atoms with Crippen LogP contribution in [0.4, 0.5) is 11.5 Å². The van der Waals surface area contributed by atoms with Crippen molar-refractivity contribution in [1.82, 2.24) is 19.9 Å². The van der Waals surface area contributed by atoms with Gasteiger partial charge < -0.3 is 10.3 Å². The highest BCUT2D eigenvalue weighted by Gasteiger charge is 2.10. The lowest BCUT2D eigenvalue weighted by Crippen LogP contribution is -1.94. The van der Waals surface area contributed by atoms with Crippen LogP contribution in [0.3, 0.4) is 0 Å². The standard InChI is InChI=1S/C17H12ClN5/c18-12-2-1-3-13(10-12)21-17-15-14(6-9-20-17)22-16(23-15)11-4-7-19-8-5-11/h1-10H,(H,20,21)(H,22,23). The maximum absolute atomic E-state index is 6.03. The molecule has 6 heteroatoms. The number of pyridine rings is 2. The summed E-state index contributed by atoms with van der Waals surface area (Å²) in [5.41, 5.74) is 3.53. The summed E-state index contributed by atoms with van der Waals surface area (Å²) >= 11 is 6.03. The SMILES string of the molecule is Clc1cccc(Nc2nccc3[nH]c(-c4ccncc4)nc23)c1. The fourth-order valence-electron chi connectivity index (χ4n) is 2.38. The van der Waals surface area contributed by atoms with E-state index in [1.165, 1.54) is 0 Å². The van der Waals surface area contributed by atoms with E-state index in [4.69, 9.17) is 11.6 Å². The predicted molar refractivity (Wildman–Crippen MR) is 91.9 cm³/mol. The van der Waals surface area contributed by atoms with Crippen molar-refractivity contribution >= 4 is 34.1 Å². The molecule has 0 saturated heterocycles. The van der Waals surface area contributed by atoms with Crippen molar-refractivity contribution in [3.05, 3.63) is 66.1 Å². The van der Waals surface area contributed by atoms with Gasteiger partial charge in [-0.2, -0.15) is 0 Å². The van der Waals surface area contributed by atoms with E-state index in [1.807, 2.05) is 42.5 Å². The summed E-state index contributed by atoms with van der Waals surface area (Å²) in [5, 5.41) is 3.93. The summed E-state index contributed by atoms with van der Waals surface area (Å²) in [6, 6.07) is 13.2. The van der Waals surface area contributed by atoms with Crippen molar-refractivity contribution in [2.75, 3.05) is 5.32 Å². The quantitative estimate of drug-likeness (QED) is 0.586. The first-order valence-electron chi connectivity index (χ1n) is 7.07. The van der Waals surface area contributed by atoms with Gasteiger partial charge in [-0.1, -0.05) is 17.7 Å². The number of halogens is 1. The molecule has 0 unspecified atom stereocenters. The third-order valence-corrected chi connectivity index (χ3v) is 3.68. The number of nitrogens with one attached hydrogen (secondary N) is 2. The minimum Gasteiger partial charge on any atom is -0.338 e. The van der Waals surface area contributed by atoms with Crippen LogP contribution in [0.5, 0.6) is 0 Å². The number of imidazole rings is 1. The number of anilines is 2. The highest BCUT2D eigenvalue weighted by atomic mass is 35.5. The average Bonchev–Trinajstić information content (AvgIpc) is 3.01. The zero-order valence-electron chi connectivity index (χ0n) is 12.0. The van der Waals surface area contributed by atoms with Crippen LogP contribution < -0.4 is 5.32 Å². The number of hydrogen-bond donors (Lipinski definition) is 2. The number of fused-ring (bicyclic) bond motifs is 1. The lowest BCUT2D eigenvalue weighted by molar-refractivity contribution is 1.28. The monoisotopic (exact) mass is 321 g/mol. The molecule has 1 aromatic carbocycles. The zero-order valence-corrected chi connectivity index (χ0v) is 12.7. The molecule has 0 amide bonds. The second-order valence-electron chi connectivity index (χ2n) is 5.01. The molecule has 0 bridgehead atoms. The van der Waals surface area contributed by atoms with Crippen molar-refractivity contribution in [2.45, 2.75) is 0 Å². The molecule has 4 aromatic rings. The van der Waals surface area contributed by atoms with Crippen LogP contribution in [-0.2, 0) is 0 Å². The molecule has 0 aliphatic rings. The van der Waals surface area contributed by atoms with Crippen molar-refractivity contribution in [2.24, 2.45) is 0 Å². The molecule has 3 aromatic heterocycles. The number of aromatic amines is 1. The summed E-state index contributed by atoms with van der Waals surface area (Å²) in [6.45, 7) is 0. The van der Waals surface area contributed by atoms with Crippen LogP contribution in [0.15, 0.2) is 61.1 Å². The Morgan fingerprint density at radius 2 is 1.87 bits per heavy atom. The average molecular weight is 322 g/mol. The Morgan fingerprint density at radius 3 is 2.70 bits per heavy atom. The molecule has 112 valence electrons. The predicted octanol–water partition coefficient (Wildman–Crippen LogP) is 4.42. The van der Waals surface area contributed by atoms with E-state index in [9.17, 15) is 0 Å². The summed E-state index contributed by atoms with van der Waals surface area (Å²) in [6.07, 6.45) is 5.22. The summed E-state index contributed by atoms with van der Waals surface area (Å²) in [7, 11) is 0. The molecule has 0 saturated carbocycles. The largest absolute Gasteiger partial charge is 0.338 e. The van der Waals surface area contributed by atoms with Gasteiger partial charge in [0, 0.05) is 34.9 Å². The number of rotatable bonds is 3. The number of hydrogen-bond acceptors (Lipinski definition) is 4. The molecular formula is C17H12ClN5. The van der Waals surface area contributed by atoms with Crippen LogP contribution >= 0.6 is 11.6 Å². The Balaban J connectivity index is 1.77. The smallest absolute Gasteiger partial charge is 0.158 e. The lowest BCUT2D eigenvalue weighted by atomic mass is 10.2. The van der Waals surface area contributed by atoms with Crippen molar-refractivity contribution < 1.29 is 0 Å². The topological polar surface area (TPSA) is 66.5 Å². The van der Waals surface area contributed by atoms with E-state index in [2.05, 4.69) is 25.3 Å². The molecule has 0 spiro atoms. The van der Waals surface area contributed by atoms with Gasteiger partial charge in [0.2, 0.25) is 0 Å². The molecule has 0 fully saturated rings. The van der Waals surface area contributed by atoms with Gasteiger partial charge in [0.25, 0.3) is 0 Å². The Hall–Kier alpha value is -2.92. The Bertz CT molecular complexity index is 965. The van der Waals surface area contributed by atoms with Crippen molar-refractivity contribution in [1.29, 1.82) is 0 Å². The zero-order chi connectivity index (χ0) is 15.6. The third-order valence-electron chi connectivity index (χ3n) is 3.44. The molecular weight excluding hydrogens is 310 g/mol. The molecule has 0 atom stereocenters. The molecule has 23 heavy (non-hydrogen) atoms. The second-order valence-corrected chi connectivity index (χ2v) is 5.45. The number of benzene rings is 1. The summed E-state index contributed by atoms with van der Waals surface area (Å²) in [4.78, 5) is 16.4. The second kappa shape index (κ2) is 5.70. The maximum Gasteiger partial charge on any atom is 0.158 e. The summed E-state index contributed by atoms with van der Waals surface area (Å²) in [5.74, 6) is 1.46. The number of aromatic nitrogens is 4. The molecule has 4 rings (SSSR count). The normalized spacial score (nSPS) is 10.8. The van der Waals surface area contributed by atoms with Gasteiger partial charge in [-0.3, -0.25) is 4.98 Å². The van der Waals surface area contributed by atoms with Crippen LogP contribution in [0.25, 0.3) is 22.4 Å². The first kappa shape index (κ1) is 13.7. The molecule has 5 nitrogen and oxygen atoms in total. The van der Waals surface area contributed by atoms with Crippen LogP contribution in [0, 0.1) is 0 Å². The van der Waals surface area contributed by atoms with E-state index in [1.54, 1.807) is 18.6 Å². The molecule has 3 heterocycles. The van der Waals surface area contributed by atoms with Gasteiger partial charge in [-0.15, -0.1) is 0 Å². The fraction of sp³-hybridized carbons (Fsp3) is 0. The Morgan fingerprint density at radius 1 is 1.00 bits per heavy atom. The Kier molecular flexibility index (Phi) is 3.40. The van der Waals surface area contributed by atoms with E-state index in [-0.39, 0.29) is 0 Å². The molecule has 0 radical (unpaired) electrons. The van der Waals surface area contributed by atoms with Gasteiger partial charge in [-0.05, 0) is 36.4 Å². The van der Waals surface area contributed by atoms with Crippen molar-refractivity contribution in [3.8, 4) is 11.4 Å². The van der Waals surface area contributed by atoms with Crippen LogP contribution in [0.2, 0.25) is 5.02 Å². The highest BCUT2D eigenvalue weighted by molar-refractivity contribution is 6.30. The van der Waals surface area contributed by atoms with Crippen LogP contribution in [0.1, 0.15) is 0 Å². The lowest BCUT2D eigenvalue weighted by Gasteiger charge is -2.05. The molecule has 0 aliphatic carbocycles. The minimum atomic E-state index is 0.668. The van der Waals surface area contributed by atoms with Crippen molar-refractivity contribution in [3.63, 3.8) is 0 Å². The fourth-order valence-corrected chi connectivity index (χ4v) is 2.57. The summed E-state index contributed by atoms with van der Waals surface area (Å²) < 4.78 is 0. The molecule has 0 aliphatic heterocycles. The van der Waals surface area contributed by atoms with E-state index >= 15 is 0 Å². The van der Waals surface area contributed by atoms with Gasteiger partial charge in [0.05, 0.1) is 5.52 Å². The molecule has 2 N–H and O–H groups in total. The minimum absolute atomic E-state index is 0.668. The Labute approximate surface area is 137 Å². The maximum atomic E-state index is 6.03. The van der Waals surface area contributed by atoms with E-state index < -0.39 is 0 Å². The van der Waals surface area contributed by atoms with E-state index in [0.29, 0.717) is 10.8 Å². The van der Waals surface area contributed by atoms with Gasteiger partial charge >= 0.3 is 0 Å². The number of nitrogens with zero attached hydrogens (tertiary/aromatic N) is 3. The van der Waals surface area contributed by atoms with Crippen LogP contribution in [-0.4, -0.2) is 19.9 Å².